The lowest BCUT2D eigenvalue weighted by molar-refractivity contribution is -0.139. The number of aliphatic carboxylic acids is 1. The number of likely N-dealkylation sites (tertiary alicyclic amines) is 1. The molecule has 1 fully saturated rings. The molecule has 20 heavy (non-hydrogen) atoms. The molecule has 0 spiro atoms. The lowest BCUT2D eigenvalue weighted by atomic mass is 10.2. The summed E-state index contributed by atoms with van der Waals surface area (Å²) in [5, 5.41) is 20.2. The molecule has 0 radical (unpaired) electrons. The van der Waals surface area contributed by atoms with Crippen molar-refractivity contribution in [3.8, 4) is 0 Å². The van der Waals surface area contributed by atoms with E-state index >= 15 is 0 Å². The van der Waals surface area contributed by atoms with Gasteiger partial charge in [-0.05, 0) is 19.5 Å². The molecule has 1 unspecified atom stereocenters. The van der Waals surface area contributed by atoms with E-state index in [4.69, 9.17) is 10.2 Å². The van der Waals surface area contributed by atoms with Gasteiger partial charge in [0.1, 0.15) is 6.04 Å². The molecule has 3 N–H and O–H groups in total. The molecule has 7 nitrogen and oxygen atoms in total. The van der Waals surface area contributed by atoms with E-state index in [0.717, 1.165) is 19.5 Å². The number of carboxylic acids is 1. The fraction of sp³-hybridized carbons (Fsp3) is 0.846. The van der Waals surface area contributed by atoms with Crippen LogP contribution in [-0.4, -0.2) is 76.9 Å². The highest BCUT2D eigenvalue weighted by atomic mass is 16.4. The number of rotatable bonds is 7. The van der Waals surface area contributed by atoms with Crippen LogP contribution in [0.1, 0.15) is 26.7 Å². The Labute approximate surface area is 119 Å². The summed E-state index contributed by atoms with van der Waals surface area (Å²) in [6, 6.07) is -1.04. The zero-order chi connectivity index (χ0) is 15.1. The van der Waals surface area contributed by atoms with Crippen LogP contribution in [-0.2, 0) is 4.79 Å². The lowest BCUT2D eigenvalue weighted by Gasteiger charge is -2.26. The molecular weight excluding hydrogens is 262 g/mol. The first-order chi connectivity index (χ1) is 9.53. The number of nitrogens with zero attached hydrogens (tertiary/aromatic N) is 2. The maximum Gasteiger partial charge on any atom is 0.326 e. The summed E-state index contributed by atoms with van der Waals surface area (Å²) in [4.78, 5) is 26.9. The van der Waals surface area contributed by atoms with E-state index < -0.39 is 12.0 Å². The predicted octanol–water partition coefficient (Wildman–Crippen LogP) is -0.0523. The number of likely N-dealkylation sites (N-methyl/N-ethyl adjacent to an activating group) is 1. The number of aliphatic hydroxyl groups is 1. The van der Waals surface area contributed by atoms with Gasteiger partial charge in [0.05, 0.1) is 0 Å². The summed E-state index contributed by atoms with van der Waals surface area (Å²) in [7, 11) is 0. The van der Waals surface area contributed by atoms with Gasteiger partial charge in [-0.2, -0.15) is 0 Å². The van der Waals surface area contributed by atoms with Crippen molar-refractivity contribution in [3.05, 3.63) is 0 Å². The normalized spacial score (nSPS) is 20.2. The van der Waals surface area contributed by atoms with Crippen molar-refractivity contribution in [1.29, 1.82) is 0 Å². The Kier molecular flexibility index (Phi) is 6.74. The molecule has 0 saturated carbocycles. The zero-order valence-corrected chi connectivity index (χ0v) is 12.2. The predicted molar refractivity (Wildman–Crippen MR) is 74.6 cm³/mol. The molecule has 0 aromatic carbocycles. The maximum atomic E-state index is 12.0. The Morgan fingerprint density at radius 3 is 2.55 bits per heavy atom. The maximum absolute atomic E-state index is 12.0. The van der Waals surface area contributed by atoms with Crippen LogP contribution in [0.3, 0.4) is 0 Å². The van der Waals surface area contributed by atoms with Crippen molar-refractivity contribution in [2.45, 2.75) is 38.8 Å². The summed E-state index contributed by atoms with van der Waals surface area (Å²) in [5.74, 6) is -1.12. The molecule has 7 heteroatoms. The largest absolute Gasteiger partial charge is 0.480 e. The van der Waals surface area contributed by atoms with E-state index in [1.807, 2.05) is 0 Å². The minimum Gasteiger partial charge on any atom is -0.480 e. The van der Waals surface area contributed by atoms with E-state index in [1.165, 1.54) is 0 Å². The van der Waals surface area contributed by atoms with Gasteiger partial charge in [0.2, 0.25) is 0 Å². The Hall–Kier alpha value is -1.34. The SMILES string of the molecule is CCN(CC)C1CCN(C(=O)N[C@@H](CCO)C(=O)O)C1. The Bertz CT molecular complexity index is 334. The van der Waals surface area contributed by atoms with Crippen LogP contribution in [0.15, 0.2) is 0 Å². The first-order valence-electron chi connectivity index (χ1n) is 7.16. The number of carbonyl (C=O) groups is 2. The highest BCUT2D eigenvalue weighted by Crippen LogP contribution is 2.15. The molecule has 1 saturated heterocycles. The molecule has 2 atom stereocenters. The van der Waals surface area contributed by atoms with Crippen molar-refractivity contribution in [2.75, 3.05) is 32.8 Å². The van der Waals surface area contributed by atoms with Crippen LogP contribution in [0.25, 0.3) is 0 Å². The zero-order valence-electron chi connectivity index (χ0n) is 12.2. The van der Waals surface area contributed by atoms with E-state index in [2.05, 4.69) is 24.1 Å². The van der Waals surface area contributed by atoms with Gasteiger partial charge in [0, 0.05) is 32.2 Å². The number of hydrogen-bond acceptors (Lipinski definition) is 4. The van der Waals surface area contributed by atoms with Crippen molar-refractivity contribution >= 4 is 12.0 Å². The van der Waals surface area contributed by atoms with Crippen LogP contribution >= 0.6 is 0 Å². The van der Waals surface area contributed by atoms with Crippen LogP contribution in [0.4, 0.5) is 4.79 Å². The smallest absolute Gasteiger partial charge is 0.326 e. The Morgan fingerprint density at radius 2 is 2.05 bits per heavy atom. The van der Waals surface area contributed by atoms with Gasteiger partial charge in [-0.25, -0.2) is 9.59 Å². The molecule has 2 amide bonds. The topological polar surface area (TPSA) is 93.1 Å². The highest BCUT2D eigenvalue weighted by Gasteiger charge is 2.31. The minimum atomic E-state index is -1.12. The molecule has 1 rings (SSSR count). The number of carbonyl (C=O) groups excluding carboxylic acids is 1. The Morgan fingerprint density at radius 1 is 1.40 bits per heavy atom. The van der Waals surface area contributed by atoms with E-state index in [1.54, 1.807) is 4.90 Å². The average molecular weight is 287 g/mol. The van der Waals surface area contributed by atoms with Crippen molar-refractivity contribution in [2.24, 2.45) is 0 Å². The van der Waals surface area contributed by atoms with Gasteiger partial charge in [0.15, 0.2) is 0 Å². The molecule has 1 aliphatic rings. The van der Waals surface area contributed by atoms with Gasteiger partial charge < -0.3 is 20.4 Å². The summed E-state index contributed by atoms with van der Waals surface area (Å²) in [6.07, 6.45) is 0.932. The molecular formula is C13H25N3O4. The van der Waals surface area contributed by atoms with Gasteiger partial charge in [-0.15, -0.1) is 0 Å². The molecule has 0 aliphatic carbocycles. The van der Waals surface area contributed by atoms with Gasteiger partial charge in [0.25, 0.3) is 0 Å². The molecule has 0 aromatic rings. The third-order valence-electron chi connectivity index (χ3n) is 3.79. The summed E-state index contributed by atoms with van der Waals surface area (Å²) >= 11 is 0. The average Bonchev–Trinajstić information content (AvgIpc) is 2.89. The third kappa shape index (κ3) is 4.35. The molecule has 116 valence electrons. The van der Waals surface area contributed by atoms with Crippen LogP contribution in [0.2, 0.25) is 0 Å². The molecule has 1 heterocycles. The molecule has 1 aliphatic heterocycles. The number of nitrogens with one attached hydrogen (secondary N) is 1. The lowest BCUT2D eigenvalue weighted by Crippen LogP contribution is -2.48. The number of amides is 2. The first kappa shape index (κ1) is 16.7. The standard InChI is InChI=1S/C13H25N3O4/c1-3-15(4-2)10-5-7-16(9-10)13(20)14-11(6-8-17)12(18)19/h10-11,17H,3-9H2,1-2H3,(H,14,20)(H,18,19)/t10?,11-/m0/s1. The molecule has 0 aromatic heterocycles. The van der Waals surface area contributed by atoms with E-state index in [9.17, 15) is 9.59 Å². The number of carboxylic acid groups (broad SMARTS) is 1. The van der Waals surface area contributed by atoms with E-state index in [-0.39, 0.29) is 19.1 Å². The van der Waals surface area contributed by atoms with Crippen molar-refractivity contribution in [3.63, 3.8) is 0 Å². The number of aliphatic hydroxyl groups excluding tert-OH is 1. The second-order valence-corrected chi connectivity index (χ2v) is 4.96. The highest BCUT2D eigenvalue weighted by molar-refractivity contribution is 5.82. The second-order valence-electron chi connectivity index (χ2n) is 4.96. The van der Waals surface area contributed by atoms with Gasteiger partial charge in [-0.1, -0.05) is 13.8 Å². The number of urea groups is 1. The van der Waals surface area contributed by atoms with Crippen molar-refractivity contribution < 1.29 is 19.8 Å². The van der Waals surface area contributed by atoms with Crippen molar-refractivity contribution in [1.82, 2.24) is 15.1 Å². The Balaban J connectivity index is 2.51. The fourth-order valence-electron chi connectivity index (χ4n) is 2.59. The second kappa shape index (κ2) is 8.06. The summed E-state index contributed by atoms with van der Waals surface area (Å²) in [5.41, 5.74) is 0. The first-order valence-corrected chi connectivity index (χ1v) is 7.16. The van der Waals surface area contributed by atoms with Gasteiger partial charge in [-0.3, -0.25) is 4.90 Å². The molecule has 0 bridgehead atoms. The number of hydrogen-bond donors (Lipinski definition) is 3. The quantitative estimate of drug-likeness (QED) is 0.610. The monoisotopic (exact) mass is 287 g/mol. The fourth-order valence-corrected chi connectivity index (χ4v) is 2.59. The summed E-state index contributed by atoms with van der Waals surface area (Å²) in [6.45, 7) is 7.07. The van der Waals surface area contributed by atoms with Gasteiger partial charge >= 0.3 is 12.0 Å². The minimum absolute atomic E-state index is 0.0222. The van der Waals surface area contributed by atoms with Crippen LogP contribution in [0.5, 0.6) is 0 Å². The van der Waals surface area contributed by atoms with E-state index in [0.29, 0.717) is 19.1 Å². The third-order valence-corrected chi connectivity index (χ3v) is 3.79. The summed E-state index contributed by atoms with van der Waals surface area (Å²) < 4.78 is 0. The van der Waals surface area contributed by atoms with Crippen LogP contribution in [0, 0.1) is 0 Å². The van der Waals surface area contributed by atoms with Crippen LogP contribution < -0.4 is 5.32 Å².